The lowest BCUT2D eigenvalue weighted by atomic mass is 10.2. The van der Waals surface area contributed by atoms with Gasteiger partial charge >= 0.3 is 0 Å². The van der Waals surface area contributed by atoms with Gasteiger partial charge in [0.15, 0.2) is 17.4 Å². The molecule has 29 heavy (non-hydrogen) atoms. The van der Waals surface area contributed by atoms with Gasteiger partial charge in [-0.05, 0) is 44.5 Å². The molecule has 8 heteroatoms. The van der Waals surface area contributed by atoms with Gasteiger partial charge in [-0.2, -0.15) is 0 Å². The van der Waals surface area contributed by atoms with Crippen molar-refractivity contribution in [3.05, 3.63) is 58.7 Å². The molecule has 1 amide bonds. The first-order chi connectivity index (χ1) is 13.9. The molecule has 0 spiro atoms. The van der Waals surface area contributed by atoms with Crippen LogP contribution in [-0.4, -0.2) is 32.3 Å². The van der Waals surface area contributed by atoms with Crippen molar-refractivity contribution in [2.45, 2.75) is 20.8 Å². The quantitative estimate of drug-likeness (QED) is 0.498. The lowest BCUT2D eigenvalue weighted by Crippen LogP contribution is -2.31. The van der Waals surface area contributed by atoms with Crippen molar-refractivity contribution in [3.63, 3.8) is 0 Å². The Labute approximate surface area is 172 Å². The summed E-state index contributed by atoms with van der Waals surface area (Å²) in [4.78, 5) is 23.7. The van der Waals surface area contributed by atoms with Crippen LogP contribution in [0, 0.1) is 20.8 Å². The third-order valence-electron chi connectivity index (χ3n) is 4.48. The Morgan fingerprint density at radius 2 is 1.90 bits per heavy atom. The molecule has 0 aliphatic carbocycles. The van der Waals surface area contributed by atoms with Crippen LogP contribution >= 0.6 is 11.3 Å². The Morgan fingerprint density at radius 1 is 1.14 bits per heavy atom. The van der Waals surface area contributed by atoms with Gasteiger partial charge in [0.1, 0.15) is 0 Å². The third-order valence-corrected chi connectivity index (χ3v) is 5.42. The molecule has 3 aromatic heterocycles. The van der Waals surface area contributed by atoms with Crippen molar-refractivity contribution in [2.75, 3.05) is 11.5 Å². The molecular formula is C21H21N5O2S. The molecule has 0 atom stereocenters. The number of fused-ring (bicyclic) bond motifs is 1. The van der Waals surface area contributed by atoms with Gasteiger partial charge in [0.25, 0.3) is 5.91 Å². The summed E-state index contributed by atoms with van der Waals surface area (Å²) in [5, 5.41) is 7.77. The minimum Gasteiger partial charge on any atom is -0.466 e. The first kappa shape index (κ1) is 19.1. The number of amides is 1. The van der Waals surface area contributed by atoms with Crippen LogP contribution < -0.4 is 9.64 Å². The predicted molar refractivity (Wildman–Crippen MR) is 114 cm³/mol. The number of rotatable bonds is 5. The molecule has 7 nitrogen and oxygen atoms in total. The predicted octanol–water partition coefficient (Wildman–Crippen LogP) is 4.09. The second kappa shape index (κ2) is 7.63. The third kappa shape index (κ3) is 3.71. The van der Waals surface area contributed by atoms with E-state index in [4.69, 9.17) is 4.74 Å². The highest BCUT2D eigenvalue weighted by Gasteiger charge is 2.23. The molecule has 0 aliphatic heterocycles. The van der Waals surface area contributed by atoms with Gasteiger partial charge in [0.05, 0.1) is 16.8 Å². The standard InChI is InChI=1S/C21H21N5O2S/c1-13-10-14(2)22-19-18(13)20(24-25(19)4)28-11-17(27)26(16-8-6-5-7-9-16)21-23-15(3)12-29-21/h5-10,12H,11H2,1-4H3. The van der Waals surface area contributed by atoms with Gasteiger partial charge in [0, 0.05) is 18.1 Å². The number of pyridine rings is 1. The maximum Gasteiger partial charge on any atom is 0.271 e. The highest BCUT2D eigenvalue weighted by atomic mass is 32.1. The highest BCUT2D eigenvalue weighted by Crippen LogP contribution is 2.30. The number of aryl methyl sites for hydroxylation is 4. The van der Waals surface area contributed by atoms with E-state index >= 15 is 0 Å². The zero-order chi connectivity index (χ0) is 20.5. The molecular weight excluding hydrogens is 386 g/mol. The fourth-order valence-electron chi connectivity index (χ4n) is 3.23. The number of carbonyl (C=O) groups excluding carboxylic acids is 1. The van der Waals surface area contributed by atoms with E-state index in [9.17, 15) is 4.79 Å². The van der Waals surface area contributed by atoms with E-state index in [2.05, 4.69) is 15.1 Å². The highest BCUT2D eigenvalue weighted by molar-refractivity contribution is 7.14. The van der Waals surface area contributed by atoms with E-state index in [0.29, 0.717) is 11.0 Å². The van der Waals surface area contributed by atoms with E-state index in [1.54, 1.807) is 9.58 Å². The monoisotopic (exact) mass is 407 g/mol. The number of hydrogen-bond donors (Lipinski definition) is 0. The number of anilines is 2. The number of benzene rings is 1. The zero-order valence-electron chi connectivity index (χ0n) is 16.7. The number of nitrogens with zero attached hydrogens (tertiary/aromatic N) is 5. The molecule has 1 aromatic carbocycles. The Bertz CT molecular complexity index is 1180. The molecule has 0 radical (unpaired) electrons. The van der Waals surface area contributed by atoms with Crippen LogP contribution in [0.1, 0.15) is 17.0 Å². The summed E-state index contributed by atoms with van der Waals surface area (Å²) in [5.41, 5.74) is 4.27. The Balaban J connectivity index is 1.63. The van der Waals surface area contributed by atoms with Crippen molar-refractivity contribution >= 4 is 39.1 Å². The van der Waals surface area contributed by atoms with Crippen molar-refractivity contribution in [1.82, 2.24) is 19.7 Å². The topological polar surface area (TPSA) is 73.1 Å². The molecule has 0 bridgehead atoms. The number of ether oxygens (including phenoxy) is 1. The van der Waals surface area contributed by atoms with Crippen LogP contribution in [0.3, 0.4) is 0 Å². The summed E-state index contributed by atoms with van der Waals surface area (Å²) >= 11 is 1.42. The summed E-state index contributed by atoms with van der Waals surface area (Å²) in [6.45, 7) is 5.67. The van der Waals surface area contributed by atoms with Crippen molar-refractivity contribution < 1.29 is 9.53 Å². The SMILES string of the molecule is Cc1csc(N(C(=O)COc2nn(C)c3nc(C)cc(C)c23)c2ccccc2)n1. The summed E-state index contributed by atoms with van der Waals surface area (Å²) < 4.78 is 7.54. The molecule has 148 valence electrons. The minimum absolute atomic E-state index is 0.160. The smallest absolute Gasteiger partial charge is 0.271 e. The molecule has 0 saturated carbocycles. The molecule has 4 rings (SSSR count). The van der Waals surface area contributed by atoms with E-state index in [1.807, 2.05) is 69.6 Å². The minimum atomic E-state index is -0.220. The van der Waals surface area contributed by atoms with Crippen LogP contribution in [0.25, 0.3) is 11.0 Å². The molecule has 3 heterocycles. The van der Waals surface area contributed by atoms with Gasteiger partial charge in [-0.25, -0.2) is 14.6 Å². The van der Waals surface area contributed by atoms with Crippen LogP contribution in [0.15, 0.2) is 41.8 Å². The Morgan fingerprint density at radius 3 is 2.59 bits per heavy atom. The van der Waals surface area contributed by atoms with Crippen molar-refractivity contribution in [1.29, 1.82) is 0 Å². The summed E-state index contributed by atoms with van der Waals surface area (Å²) in [7, 11) is 1.82. The van der Waals surface area contributed by atoms with E-state index in [-0.39, 0.29) is 12.5 Å². The molecule has 0 saturated heterocycles. The summed E-state index contributed by atoms with van der Waals surface area (Å²) in [6.07, 6.45) is 0. The first-order valence-corrected chi connectivity index (χ1v) is 10.1. The normalized spacial score (nSPS) is 11.0. The maximum absolute atomic E-state index is 13.1. The molecule has 0 N–H and O–H groups in total. The van der Waals surface area contributed by atoms with Crippen LogP contribution in [0.5, 0.6) is 5.88 Å². The number of para-hydroxylation sites is 1. The van der Waals surface area contributed by atoms with Gasteiger partial charge in [0.2, 0.25) is 5.88 Å². The fraction of sp³-hybridized carbons (Fsp3) is 0.238. The number of hydrogen-bond acceptors (Lipinski definition) is 6. The average Bonchev–Trinajstić information content (AvgIpc) is 3.25. The molecule has 0 fully saturated rings. The lowest BCUT2D eigenvalue weighted by molar-refractivity contribution is -0.119. The Hall–Kier alpha value is -3.26. The molecule has 0 aliphatic rings. The second-order valence-corrected chi connectivity index (χ2v) is 7.67. The lowest BCUT2D eigenvalue weighted by Gasteiger charge is -2.19. The fourth-order valence-corrected chi connectivity index (χ4v) is 4.07. The summed E-state index contributed by atoms with van der Waals surface area (Å²) in [5.74, 6) is 0.186. The van der Waals surface area contributed by atoms with Gasteiger partial charge in [-0.1, -0.05) is 18.2 Å². The maximum atomic E-state index is 13.1. The number of carbonyl (C=O) groups is 1. The van der Waals surface area contributed by atoms with E-state index in [1.165, 1.54) is 11.3 Å². The van der Waals surface area contributed by atoms with Crippen LogP contribution in [-0.2, 0) is 11.8 Å². The first-order valence-electron chi connectivity index (χ1n) is 9.18. The van der Waals surface area contributed by atoms with Gasteiger partial charge in [-0.15, -0.1) is 16.4 Å². The molecule has 0 unspecified atom stereocenters. The van der Waals surface area contributed by atoms with Crippen molar-refractivity contribution in [2.24, 2.45) is 7.05 Å². The summed E-state index contributed by atoms with van der Waals surface area (Å²) in [6, 6.07) is 11.4. The number of aromatic nitrogens is 4. The average molecular weight is 407 g/mol. The zero-order valence-corrected chi connectivity index (χ0v) is 17.5. The second-order valence-electron chi connectivity index (χ2n) is 6.83. The molecule has 4 aromatic rings. The van der Waals surface area contributed by atoms with Crippen LogP contribution in [0.4, 0.5) is 10.8 Å². The van der Waals surface area contributed by atoms with Crippen LogP contribution in [0.2, 0.25) is 0 Å². The Kier molecular flexibility index (Phi) is 5.02. The largest absolute Gasteiger partial charge is 0.466 e. The van der Waals surface area contributed by atoms with Gasteiger partial charge in [-0.3, -0.25) is 9.69 Å². The number of thiazole rings is 1. The van der Waals surface area contributed by atoms with Gasteiger partial charge < -0.3 is 4.74 Å². The van der Waals surface area contributed by atoms with Crippen molar-refractivity contribution in [3.8, 4) is 5.88 Å². The van der Waals surface area contributed by atoms with E-state index in [0.717, 1.165) is 33.7 Å². The van der Waals surface area contributed by atoms with E-state index < -0.39 is 0 Å².